The Labute approximate surface area is 99.4 Å². The zero-order valence-electron chi connectivity index (χ0n) is 11.0. The van der Waals surface area contributed by atoms with Crippen molar-refractivity contribution in [2.24, 2.45) is 17.1 Å². The van der Waals surface area contributed by atoms with Crippen molar-refractivity contribution in [3.8, 4) is 0 Å². The lowest BCUT2D eigenvalue weighted by Gasteiger charge is -2.23. The van der Waals surface area contributed by atoms with Gasteiger partial charge in [-0.25, -0.2) is 0 Å². The van der Waals surface area contributed by atoms with E-state index in [0.29, 0.717) is 24.8 Å². The van der Waals surface area contributed by atoms with Gasteiger partial charge in [0.1, 0.15) is 0 Å². The fourth-order valence-electron chi connectivity index (χ4n) is 2.36. The maximum atomic E-state index is 12.1. The van der Waals surface area contributed by atoms with Crippen LogP contribution in [-0.4, -0.2) is 30.4 Å². The molecule has 1 amide bonds. The number of likely N-dealkylation sites (tertiary alicyclic amines) is 1. The highest BCUT2D eigenvalue weighted by molar-refractivity contribution is 5.76. The minimum Gasteiger partial charge on any atom is -0.342 e. The Kier molecular flexibility index (Phi) is 4.78. The van der Waals surface area contributed by atoms with Crippen molar-refractivity contribution in [2.75, 3.05) is 19.6 Å². The van der Waals surface area contributed by atoms with Crippen LogP contribution in [0.2, 0.25) is 0 Å². The number of carbonyl (C=O) groups excluding carboxylic acids is 1. The molecule has 0 spiro atoms. The van der Waals surface area contributed by atoms with Crippen LogP contribution in [0.4, 0.5) is 0 Å². The molecule has 1 saturated heterocycles. The van der Waals surface area contributed by atoms with Crippen molar-refractivity contribution >= 4 is 5.91 Å². The molecule has 1 atom stereocenters. The van der Waals surface area contributed by atoms with E-state index in [1.807, 2.05) is 4.90 Å². The molecular formula is C13H26N2O. The maximum absolute atomic E-state index is 12.1. The van der Waals surface area contributed by atoms with Crippen LogP contribution < -0.4 is 5.73 Å². The predicted octanol–water partition coefficient (Wildman–Crippen LogP) is 2.01. The second-order valence-electron chi connectivity index (χ2n) is 5.47. The Morgan fingerprint density at radius 1 is 1.44 bits per heavy atom. The van der Waals surface area contributed by atoms with Crippen LogP contribution in [0.3, 0.4) is 0 Å². The first kappa shape index (κ1) is 13.5. The van der Waals surface area contributed by atoms with Crippen LogP contribution in [0.1, 0.15) is 46.5 Å². The molecule has 94 valence electrons. The minimum atomic E-state index is 0.156. The van der Waals surface area contributed by atoms with Crippen molar-refractivity contribution in [3.05, 3.63) is 0 Å². The van der Waals surface area contributed by atoms with Crippen molar-refractivity contribution in [1.82, 2.24) is 4.90 Å². The van der Waals surface area contributed by atoms with Gasteiger partial charge in [-0.2, -0.15) is 0 Å². The molecule has 3 heteroatoms. The highest BCUT2D eigenvalue weighted by atomic mass is 16.2. The summed E-state index contributed by atoms with van der Waals surface area (Å²) >= 11 is 0. The van der Waals surface area contributed by atoms with E-state index in [1.165, 1.54) is 0 Å². The Morgan fingerprint density at radius 3 is 2.50 bits per heavy atom. The summed E-state index contributed by atoms with van der Waals surface area (Å²) in [6.07, 6.45) is 3.97. The van der Waals surface area contributed by atoms with Crippen molar-refractivity contribution in [3.63, 3.8) is 0 Å². The number of hydrogen-bond donors (Lipinski definition) is 1. The third kappa shape index (κ3) is 3.21. The molecule has 1 unspecified atom stereocenters. The van der Waals surface area contributed by atoms with Crippen LogP contribution >= 0.6 is 0 Å². The average Bonchev–Trinajstić information content (AvgIpc) is 2.69. The maximum Gasteiger partial charge on any atom is 0.222 e. The Hall–Kier alpha value is -0.570. The van der Waals surface area contributed by atoms with Gasteiger partial charge in [0.05, 0.1) is 0 Å². The third-order valence-electron chi connectivity index (χ3n) is 4.02. The van der Waals surface area contributed by atoms with E-state index in [0.717, 1.165) is 32.4 Å². The SMILES string of the molecule is CCC(CC)CC(=O)N1CCC(C)(CN)C1. The van der Waals surface area contributed by atoms with Gasteiger partial charge in [-0.05, 0) is 24.3 Å². The third-order valence-corrected chi connectivity index (χ3v) is 4.02. The molecule has 1 fully saturated rings. The van der Waals surface area contributed by atoms with Gasteiger partial charge in [-0.3, -0.25) is 4.79 Å². The highest BCUT2D eigenvalue weighted by Gasteiger charge is 2.34. The lowest BCUT2D eigenvalue weighted by Crippen LogP contribution is -2.35. The van der Waals surface area contributed by atoms with E-state index in [1.54, 1.807) is 0 Å². The molecule has 1 aliphatic heterocycles. The molecule has 0 aromatic carbocycles. The number of nitrogens with two attached hydrogens (primary N) is 1. The van der Waals surface area contributed by atoms with Crippen molar-refractivity contribution in [2.45, 2.75) is 46.5 Å². The fourth-order valence-corrected chi connectivity index (χ4v) is 2.36. The van der Waals surface area contributed by atoms with Gasteiger partial charge in [-0.15, -0.1) is 0 Å². The smallest absolute Gasteiger partial charge is 0.222 e. The Bertz CT molecular complexity index is 238. The molecule has 0 radical (unpaired) electrons. The normalized spacial score (nSPS) is 25.4. The Morgan fingerprint density at radius 2 is 2.06 bits per heavy atom. The molecular weight excluding hydrogens is 200 g/mol. The van der Waals surface area contributed by atoms with Crippen LogP contribution in [0.5, 0.6) is 0 Å². The summed E-state index contributed by atoms with van der Waals surface area (Å²) in [5.41, 5.74) is 5.90. The van der Waals surface area contributed by atoms with E-state index in [9.17, 15) is 4.79 Å². The summed E-state index contributed by atoms with van der Waals surface area (Å²) in [6, 6.07) is 0. The molecule has 1 heterocycles. The average molecular weight is 226 g/mol. The summed E-state index contributed by atoms with van der Waals surface area (Å²) in [4.78, 5) is 14.1. The Balaban J connectivity index is 2.45. The zero-order valence-corrected chi connectivity index (χ0v) is 11.0. The first-order valence-corrected chi connectivity index (χ1v) is 6.52. The molecule has 1 rings (SSSR count). The number of carbonyl (C=O) groups is 1. The van der Waals surface area contributed by atoms with E-state index in [-0.39, 0.29) is 5.41 Å². The second kappa shape index (κ2) is 5.67. The molecule has 0 saturated carbocycles. The van der Waals surface area contributed by atoms with Gasteiger partial charge in [0.15, 0.2) is 0 Å². The van der Waals surface area contributed by atoms with Crippen LogP contribution in [0.15, 0.2) is 0 Å². The summed E-state index contributed by atoms with van der Waals surface area (Å²) in [5, 5.41) is 0. The lowest BCUT2D eigenvalue weighted by molar-refractivity contribution is -0.131. The molecule has 0 bridgehead atoms. The summed E-state index contributed by atoms with van der Waals surface area (Å²) < 4.78 is 0. The van der Waals surface area contributed by atoms with E-state index < -0.39 is 0 Å². The largest absolute Gasteiger partial charge is 0.342 e. The van der Waals surface area contributed by atoms with Gasteiger partial charge in [0.25, 0.3) is 0 Å². The number of amides is 1. The molecule has 3 nitrogen and oxygen atoms in total. The summed E-state index contributed by atoms with van der Waals surface area (Å²) in [5.74, 6) is 0.878. The van der Waals surface area contributed by atoms with Crippen molar-refractivity contribution < 1.29 is 4.79 Å². The molecule has 0 aliphatic carbocycles. The highest BCUT2D eigenvalue weighted by Crippen LogP contribution is 2.29. The first-order valence-electron chi connectivity index (χ1n) is 6.52. The van der Waals surface area contributed by atoms with E-state index in [2.05, 4.69) is 20.8 Å². The number of nitrogens with zero attached hydrogens (tertiary/aromatic N) is 1. The molecule has 2 N–H and O–H groups in total. The zero-order chi connectivity index (χ0) is 12.2. The predicted molar refractivity (Wildman–Crippen MR) is 67.0 cm³/mol. The quantitative estimate of drug-likeness (QED) is 0.779. The summed E-state index contributed by atoms with van der Waals surface area (Å²) in [6.45, 7) is 8.93. The molecule has 0 aromatic heterocycles. The second-order valence-corrected chi connectivity index (χ2v) is 5.47. The van der Waals surface area contributed by atoms with Gasteiger partial charge < -0.3 is 10.6 Å². The van der Waals surface area contributed by atoms with Crippen LogP contribution in [0, 0.1) is 11.3 Å². The molecule has 0 aromatic rings. The standard InChI is InChI=1S/C13H26N2O/c1-4-11(5-2)8-12(16)15-7-6-13(3,9-14)10-15/h11H,4-10,14H2,1-3H3. The van der Waals surface area contributed by atoms with Gasteiger partial charge >= 0.3 is 0 Å². The number of rotatable bonds is 5. The van der Waals surface area contributed by atoms with Crippen LogP contribution in [0.25, 0.3) is 0 Å². The topological polar surface area (TPSA) is 46.3 Å². The van der Waals surface area contributed by atoms with Gasteiger partial charge in [0.2, 0.25) is 5.91 Å². The molecule has 1 aliphatic rings. The monoisotopic (exact) mass is 226 g/mol. The van der Waals surface area contributed by atoms with E-state index in [4.69, 9.17) is 5.73 Å². The van der Waals surface area contributed by atoms with Crippen LogP contribution in [-0.2, 0) is 4.79 Å². The van der Waals surface area contributed by atoms with E-state index >= 15 is 0 Å². The van der Waals surface area contributed by atoms with Gasteiger partial charge in [0, 0.05) is 19.5 Å². The number of hydrogen-bond acceptors (Lipinski definition) is 2. The minimum absolute atomic E-state index is 0.156. The van der Waals surface area contributed by atoms with Crippen molar-refractivity contribution in [1.29, 1.82) is 0 Å². The molecule has 16 heavy (non-hydrogen) atoms. The lowest BCUT2D eigenvalue weighted by atomic mass is 9.90. The van der Waals surface area contributed by atoms with Gasteiger partial charge in [-0.1, -0.05) is 33.6 Å². The first-order chi connectivity index (χ1) is 7.54. The fraction of sp³-hybridized carbons (Fsp3) is 0.923. The summed E-state index contributed by atoms with van der Waals surface area (Å²) in [7, 11) is 0.